The summed E-state index contributed by atoms with van der Waals surface area (Å²) in [6.45, 7) is 5.43. The van der Waals surface area contributed by atoms with E-state index in [1.165, 1.54) is 0 Å². The molecule has 6 heteroatoms. The summed E-state index contributed by atoms with van der Waals surface area (Å²) in [5, 5.41) is 12.2. The van der Waals surface area contributed by atoms with Crippen molar-refractivity contribution in [3.05, 3.63) is 24.0 Å². The Morgan fingerprint density at radius 2 is 2.20 bits per heavy atom. The highest BCUT2D eigenvalue weighted by Crippen LogP contribution is 2.18. The van der Waals surface area contributed by atoms with E-state index in [1.807, 2.05) is 6.07 Å². The van der Waals surface area contributed by atoms with Gasteiger partial charge in [0.25, 0.3) is 0 Å². The zero-order chi connectivity index (χ0) is 15.0. The van der Waals surface area contributed by atoms with Crippen LogP contribution in [0.3, 0.4) is 0 Å². The molecule has 0 aliphatic rings. The number of nitrogens with zero attached hydrogens (tertiary/aromatic N) is 1. The van der Waals surface area contributed by atoms with Gasteiger partial charge in [0.05, 0.1) is 23.9 Å². The van der Waals surface area contributed by atoms with Crippen LogP contribution < -0.4 is 10.1 Å². The van der Waals surface area contributed by atoms with Gasteiger partial charge in [-0.1, -0.05) is 0 Å². The molecular formula is C14H22N2O4. The van der Waals surface area contributed by atoms with Crippen molar-refractivity contribution in [2.45, 2.75) is 20.4 Å². The Kier molecular flexibility index (Phi) is 6.41. The standard InChI is InChI=1S/C14H22N2O4/c1-14(2,13(17)18)10-20-12-5-4-11(16-9-12)8-15-6-7-19-3/h4-5,9,15H,6-8,10H2,1-3H3,(H,17,18). The Hall–Kier alpha value is -1.66. The Balaban J connectivity index is 2.41. The van der Waals surface area contributed by atoms with Crippen LogP contribution >= 0.6 is 0 Å². The van der Waals surface area contributed by atoms with Crippen molar-refractivity contribution >= 4 is 5.97 Å². The van der Waals surface area contributed by atoms with Gasteiger partial charge in [0.1, 0.15) is 12.4 Å². The first-order chi connectivity index (χ1) is 9.45. The van der Waals surface area contributed by atoms with Crippen LogP contribution in [0.2, 0.25) is 0 Å². The largest absolute Gasteiger partial charge is 0.491 e. The lowest BCUT2D eigenvalue weighted by Gasteiger charge is -2.19. The van der Waals surface area contributed by atoms with E-state index in [9.17, 15) is 4.79 Å². The fourth-order valence-electron chi connectivity index (χ4n) is 1.32. The second-order valence-corrected chi connectivity index (χ2v) is 5.13. The highest BCUT2D eigenvalue weighted by atomic mass is 16.5. The van der Waals surface area contributed by atoms with Crippen LogP contribution in [0.1, 0.15) is 19.5 Å². The Bertz CT molecular complexity index is 418. The van der Waals surface area contributed by atoms with Crippen molar-refractivity contribution in [3.8, 4) is 5.75 Å². The molecule has 20 heavy (non-hydrogen) atoms. The normalized spacial score (nSPS) is 11.3. The minimum absolute atomic E-state index is 0.107. The predicted octanol–water partition coefficient (Wildman–Crippen LogP) is 1.31. The van der Waals surface area contributed by atoms with Gasteiger partial charge in [-0.3, -0.25) is 9.78 Å². The van der Waals surface area contributed by atoms with E-state index in [0.717, 1.165) is 12.2 Å². The maximum Gasteiger partial charge on any atom is 0.312 e. The predicted molar refractivity (Wildman–Crippen MR) is 74.7 cm³/mol. The maximum absolute atomic E-state index is 11.0. The van der Waals surface area contributed by atoms with Crippen molar-refractivity contribution in [1.82, 2.24) is 10.3 Å². The van der Waals surface area contributed by atoms with E-state index in [2.05, 4.69) is 10.3 Å². The Morgan fingerprint density at radius 1 is 1.45 bits per heavy atom. The number of methoxy groups -OCH3 is 1. The lowest BCUT2D eigenvalue weighted by atomic mass is 9.95. The topological polar surface area (TPSA) is 80.7 Å². The fraction of sp³-hybridized carbons (Fsp3) is 0.571. The first-order valence-electron chi connectivity index (χ1n) is 6.46. The molecule has 0 fully saturated rings. The molecule has 0 aliphatic carbocycles. The first kappa shape index (κ1) is 16.4. The van der Waals surface area contributed by atoms with Gasteiger partial charge >= 0.3 is 5.97 Å². The fourth-order valence-corrected chi connectivity index (χ4v) is 1.32. The van der Waals surface area contributed by atoms with Crippen LogP contribution in [0.5, 0.6) is 5.75 Å². The van der Waals surface area contributed by atoms with E-state index in [4.69, 9.17) is 14.6 Å². The van der Waals surface area contributed by atoms with Gasteiger partial charge in [-0.2, -0.15) is 0 Å². The van der Waals surface area contributed by atoms with E-state index in [1.54, 1.807) is 33.2 Å². The van der Waals surface area contributed by atoms with Crippen LogP contribution in [0.25, 0.3) is 0 Å². The van der Waals surface area contributed by atoms with E-state index >= 15 is 0 Å². The summed E-state index contributed by atoms with van der Waals surface area (Å²) in [6.07, 6.45) is 1.60. The lowest BCUT2D eigenvalue weighted by Crippen LogP contribution is -2.30. The molecule has 2 N–H and O–H groups in total. The number of pyridine rings is 1. The number of carboxylic acid groups (broad SMARTS) is 1. The quantitative estimate of drug-likeness (QED) is 0.665. The van der Waals surface area contributed by atoms with Crippen LogP contribution in [0, 0.1) is 5.41 Å². The summed E-state index contributed by atoms with van der Waals surface area (Å²) in [4.78, 5) is 15.2. The highest BCUT2D eigenvalue weighted by molar-refractivity contribution is 5.73. The molecule has 0 atom stereocenters. The number of nitrogens with one attached hydrogen (secondary N) is 1. The third kappa shape index (κ3) is 5.54. The molecule has 1 aromatic heterocycles. The van der Waals surface area contributed by atoms with Gasteiger partial charge in [-0.25, -0.2) is 0 Å². The number of hydrogen-bond donors (Lipinski definition) is 2. The Morgan fingerprint density at radius 3 is 2.75 bits per heavy atom. The minimum Gasteiger partial charge on any atom is -0.491 e. The summed E-state index contributed by atoms with van der Waals surface area (Å²) in [5.74, 6) is -0.315. The van der Waals surface area contributed by atoms with Crippen molar-refractivity contribution in [2.24, 2.45) is 5.41 Å². The average molecular weight is 282 g/mol. The number of hydrogen-bond acceptors (Lipinski definition) is 5. The van der Waals surface area contributed by atoms with Crippen molar-refractivity contribution < 1.29 is 19.4 Å². The van der Waals surface area contributed by atoms with Crippen molar-refractivity contribution in [3.63, 3.8) is 0 Å². The molecule has 0 bridgehead atoms. The Labute approximate surface area is 119 Å². The zero-order valence-corrected chi connectivity index (χ0v) is 12.2. The van der Waals surface area contributed by atoms with Crippen LogP contribution in [-0.4, -0.2) is 42.9 Å². The summed E-state index contributed by atoms with van der Waals surface area (Å²) in [6, 6.07) is 3.64. The molecule has 0 spiro atoms. The van der Waals surface area contributed by atoms with E-state index in [0.29, 0.717) is 18.9 Å². The van der Waals surface area contributed by atoms with Gasteiger partial charge in [0.15, 0.2) is 0 Å². The molecule has 6 nitrogen and oxygen atoms in total. The van der Waals surface area contributed by atoms with Crippen molar-refractivity contribution in [2.75, 3.05) is 26.9 Å². The van der Waals surface area contributed by atoms with Gasteiger partial charge in [-0.05, 0) is 26.0 Å². The lowest BCUT2D eigenvalue weighted by molar-refractivity contribution is -0.148. The van der Waals surface area contributed by atoms with Crippen LogP contribution in [0.15, 0.2) is 18.3 Å². The summed E-state index contributed by atoms with van der Waals surface area (Å²) < 4.78 is 10.4. The molecule has 0 amide bonds. The zero-order valence-electron chi connectivity index (χ0n) is 12.2. The van der Waals surface area contributed by atoms with Gasteiger partial charge < -0.3 is 19.9 Å². The smallest absolute Gasteiger partial charge is 0.312 e. The summed E-state index contributed by atoms with van der Waals surface area (Å²) >= 11 is 0. The van der Waals surface area contributed by atoms with Crippen LogP contribution in [-0.2, 0) is 16.1 Å². The number of aromatic nitrogens is 1. The second kappa shape index (κ2) is 7.81. The summed E-state index contributed by atoms with van der Waals surface area (Å²) in [5.41, 5.74) is -0.0219. The molecule has 0 radical (unpaired) electrons. The monoisotopic (exact) mass is 282 g/mol. The molecule has 0 unspecified atom stereocenters. The highest BCUT2D eigenvalue weighted by Gasteiger charge is 2.28. The first-order valence-corrected chi connectivity index (χ1v) is 6.46. The maximum atomic E-state index is 11.0. The van der Waals surface area contributed by atoms with Gasteiger partial charge in [0, 0.05) is 20.2 Å². The molecule has 1 rings (SSSR count). The molecule has 0 saturated carbocycles. The molecule has 1 heterocycles. The summed E-state index contributed by atoms with van der Waals surface area (Å²) in [7, 11) is 1.66. The number of rotatable bonds is 9. The molecule has 0 aliphatic heterocycles. The number of carboxylic acids is 1. The SMILES string of the molecule is COCCNCc1ccc(OCC(C)(C)C(=O)O)cn1. The molecular weight excluding hydrogens is 260 g/mol. The average Bonchev–Trinajstić information content (AvgIpc) is 2.42. The molecule has 0 saturated heterocycles. The molecule has 0 aromatic carbocycles. The van der Waals surface area contributed by atoms with Gasteiger partial charge in [0.2, 0.25) is 0 Å². The van der Waals surface area contributed by atoms with Gasteiger partial charge in [-0.15, -0.1) is 0 Å². The van der Waals surface area contributed by atoms with E-state index < -0.39 is 11.4 Å². The number of aliphatic carboxylic acids is 1. The third-order valence-electron chi connectivity index (χ3n) is 2.77. The third-order valence-corrected chi connectivity index (χ3v) is 2.77. The van der Waals surface area contributed by atoms with Crippen molar-refractivity contribution in [1.29, 1.82) is 0 Å². The molecule has 112 valence electrons. The minimum atomic E-state index is -0.916. The number of ether oxygens (including phenoxy) is 2. The van der Waals surface area contributed by atoms with Crippen LogP contribution in [0.4, 0.5) is 0 Å². The van der Waals surface area contributed by atoms with E-state index in [-0.39, 0.29) is 6.61 Å². The number of carbonyl (C=O) groups is 1. The second-order valence-electron chi connectivity index (χ2n) is 5.13. The molecule has 1 aromatic rings.